The highest BCUT2D eigenvalue weighted by atomic mass is 35.5. The first-order valence-electron chi connectivity index (χ1n) is 7.75. The van der Waals surface area contributed by atoms with Crippen LogP contribution in [-0.4, -0.2) is 20.9 Å². The van der Waals surface area contributed by atoms with E-state index in [-0.39, 0.29) is 11.9 Å². The number of H-pyrrole nitrogens is 2. The Hall–Kier alpha value is -2.50. The normalized spacial score (nSPS) is 12.6. The van der Waals surface area contributed by atoms with Crippen molar-refractivity contribution < 1.29 is 4.79 Å². The van der Waals surface area contributed by atoms with Crippen molar-refractivity contribution in [1.29, 1.82) is 0 Å². The molecule has 25 heavy (non-hydrogen) atoms. The summed E-state index contributed by atoms with van der Waals surface area (Å²) in [5.41, 5.74) is 2.85. The van der Waals surface area contributed by atoms with Crippen LogP contribution in [0.25, 0.3) is 21.9 Å². The summed E-state index contributed by atoms with van der Waals surface area (Å²) in [6.07, 6.45) is 0. The summed E-state index contributed by atoms with van der Waals surface area (Å²) >= 11 is 12.3. The van der Waals surface area contributed by atoms with Gasteiger partial charge in [0.2, 0.25) is 0 Å². The summed E-state index contributed by atoms with van der Waals surface area (Å²) in [5, 5.41) is 4.55. The van der Waals surface area contributed by atoms with E-state index >= 15 is 0 Å². The number of carbonyl (C=O) groups is 1. The number of rotatable bonds is 3. The Kier molecular flexibility index (Phi) is 3.90. The van der Waals surface area contributed by atoms with Gasteiger partial charge in [-0.3, -0.25) is 4.79 Å². The molecule has 2 heterocycles. The number of halogens is 2. The van der Waals surface area contributed by atoms with Crippen LogP contribution in [0.15, 0.2) is 42.5 Å². The fourth-order valence-corrected chi connectivity index (χ4v) is 3.26. The number of benzene rings is 2. The van der Waals surface area contributed by atoms with E-state index in [0.717, 1.165) is 21.9 Å². The second kappa shape index (κ2) is 6.10. The molecule has 0 spiro atoms. The van der Waals surface area contributed by atoms with Crippen molar-refractivity contribution in [2.75, 3.05) is 0 Å². The van der Waals surface area contributed by atoms with Gasteiger partial charge in [0.05, 0.1) is 22.1 Å². The molecule has 1 amide bonds. The summed E-state index contributed by atoms with van der Waals surface area (Å²) in [7, 11) is 0. The van der Waals surface area contributed by atoms with Crippen molar-refractivity contribution >= 4 is 51.0 Å². The van der Waals surface area contributed by atoms with Crippen LogP contribution < -0.4 is 5.32 Å². The lowest BCUT2D eigenvalue weighted by Gasteiger charge is -2.10. The molecule has 0 bridgehead atoms. The number of aromatic nitrogens is 3. The molecule has 0 saturated heterocycles. The van der Waals surface area contributed by atoms with Gasteiger partial charge in [-0.25, -0.2) is 4.98 Å². The van der Waals surface area contributed by atoms with Crippen LogP contribution in [-0.2, 0) is 0 Å². The van der Waals surface area contributed by atoms with Crippen molar-refractivity contribution in [1.82, 2.24) is 20.3 Å². The molecule has 1 atom stereocenters. The van der Waals surface area contributed by atoms with Gasteiger partial charge in [-0.1, -0.05) is 35.3 Å². The third-order valence-electron chi connectivity index (χ3n) is 4.09. The fraction of sp³-hybridized carbons (Fsp3) is 0.111. The number of para-hydroxylation sites is 2. The van der Waals surface area contributed by atoms with Gasteiger partial charge in [0.15, 0.2) is 0 Å². The highest BCUT2D eigenvalue weighted by Crippen LogP contribution is 2.30. The van der Waals surface area contributed by atoms with E-state index in [2.05, 4.69) is 20.3 Å². The van der Waals surface area contributed by atoms with Crippen LogP contribution in [0, 0.1) is 0 Å². The van der Waals surface area contributed by atoms with E-state index in [1.54, 1.807) is 18.2 Å². The number of amides is 1. The lowest BCUT2D eigenvalue weighted by Crippen LogP contribution is -2.27. The second-order valence-corrected chi connectivity index (χ2v) is 6.65. The lowest BCUT2D eigenvalue weighted by molar-refractivity contribution is 0.0934. The molecule has 0 fully saturated rings. The first-order valence-corrected chi connectivity index (χ1v) is 8.51. The molecular weight excluding hydrogens is 359 g/mol. The van der Waals surface area contributed by atoms with Crippen LogP contribution in [0.1, 0.15) is 29.3 Å². The van der Waals surface area contributed by atoms with E-state index in [1.165, 1.54) is 0 Å². The van der Waals surface area contributed by atoms with Crippen molar-refractivity contribution in [2.45, 2.75) is 13.0 Å². The minimum atomic E-state index is -0.301. The minimum Gasteiger partial charge on any atom is -0.349 e. The molecule has 7 heteroatoms. The third-order valence-corrected chi connectivity index (χ3v) is 4.72. The maximum Gasteiger partial charge on any atom is 0.269 e. The third kappa shape index (κ3) is 2.86. The summed E-state index contributed by atoms with van der Waals surface area (Å²) in [6.45, 7) is 1.86. The molecule has 4 rings (SSSR count). The maximum absolute atomic E-state index is 12.6. The Morgan fingerprint density at radius 1 is 1.12 bits per heavy atom. The average molecular weight is 373 g/mol. The van der Waals surface area contributed by atoms with Gasteiger partial charge in [0, 0.05) is 15.9 Å². The number of fused-ring (bicyclic) bond motifs is 2. The largest absolute Gasteiger partial charge is 0.349 e. The van der Waals surface area contributed by atoms with Gasteiger partial charge < -0.3 is 15.3 Å². The first kappa shape index (κ1) is 16.0. The smallest absolute Gasteiger partial charge is 0.269 e. The van der Waals surface area contributed by atoms with Gasteiger partial charge in [0.25, 0.3) is 5.91 Å². The SMILES string of the molecule is CC(NC(=O)c1[nH]c2ccc(Cl)cc2c1Cl)c1nc2ccccc2[nH]1. The quantitative estimate of drug-likeness (QED) is 0.481. The van der Waals surface area contributed by atoms with Gasteiger partial charge >= 0.3 is 0 Å². The predicted octanol–water partition coefficient (Wildman–Crippen LogP) is 4.84. The van der Waals surface area contributed by atoms with Crippen LogP contribution in [0.3, 0.4) is 0 Å². The average Bonchev–Trinajstić information content (AvgIpc) is 3.17. The van der Waals surface area contributed by atoms with E-state index in [0.29, 0.717) is 21.6 Å². The molecule has 0 aliphatic rings. The number of nitrogens with zero attached hydrogens (tertiary/aromatic N) is 1. The Labute approximate surface area is 153 Å². The van der Waals surface area contributed by atoms with Gasteiger partial charge in [-0.05, 0) is 37.3 Å². The zero-order valence-electron chi connectivity index (χ0n) is 13.2. The zero-order chi connectivity index (χ0) is 17.6. The lowest BCUT2D eigenvalue weighted by atomic mass is 10.2. The molecule has 4 aromatic rings. The van der Waals surface area contributed by atoms with Crippen molar-refractivity contribution in [3.05, 3.63) is 64.0 Å². The van der Waals surface area contributed by atoms with Crippen molar-refractivity contribution in [3.8, 4) is 0 Å². The predicted molar refractivity (Wildman–Crippen MR) is 100 cm³/mol. The summed E-state index contributed by atoms with van der Waals surface area (Å²) in [5.74, 6) is 0.384. The molecule has 3 N–H and O–H groups in total. The number of imidazole rings is 1. The second-order valence-electron chi connectivity index (χ2n) is 5.84. The van der Waals surface area contributed by atoms with Crippen LogP contribution in [0.5, 0.6) is 0 Å². The molecule has 1 unspecified atom stereocenters. The standard InChI is InChI=1S/C18H14Cl2N4O/c1-9(17-23-13-4-2-3-5-14(13)24-17)21-18(25)16-15(20)11-8-10(19)6-7-12(11)22-16/h2-9,22H,1H3,(H,21,25)(H,23,24). The van der Waals surface area contributed by atoms with E-state index in [4.69, 9.17) is 23.2 Å². The molecular formula is C18H14Cl2N4O. The van der Waals surface area contributed by atoms with Crippen molar-refractivity contribution in [3.63, 3.8) is 0 Å². The maximum atomic E-state index is 12.6. The number of carbonyl (C=O) groups excluding carboxylic acids is 1. The topological polar surface area (TPSA) is 73.6 Å². The first-order chi connectivity index (χ1) is 12.0. The summed E-state index contributed by atoms with van der Waals surface area (Å²) in [4.78, 5) is 23.4. The van der Waals surface area contributed by atoms with E-state index < -0.39 is 0 Å². The number of aromatic amines is 2. The Morgan fingerprint density at radius 3 is 2.72 bits per heavy atom. The molecule has 0 aliphatic heterocycles. The Balaban J connectivity index is 1.62. The summed E-state index contributed by atoms with van der Waals surface area (Å²) < 4.78 is 0. The fourth-order valence-electron chi connectivity index (χ4n) is 2.80. The van der Waals surface area contributed by atoms with Crippen LogP contribution >= 0.6 is 23.2 Å². The van der Waals surface area contributed by atoms with Gasteiger partial charge in [0.1, 0.15) is 11.5 Å². The zero-order valence-corrected chi connectivity index (χ0v) is 14.7. The number of hydrogen-bond donors (Lipinski definition) is 3. The van der Waals surface area contributed by atoms with Gasteiger partial charge in [-0.15, -0.1) is 0 Å². The highest BCUT2D eigenvalue weighted by molar-refractivity contribution is 6.39. The Bertz CT molecular complexity index is 1070. The highest BCUT2D eigenvalue weighted by Gasteiger charge is 2.20. The molecule has 0 radical (unpaired) electrons. The molecule has 2 aromatic carbocycles. The van der Waals surface area contributed by atoms with Crippen LogP contribution in [0.2, 0.25) is 10.0 Å². The molecule has 126 valence electrons. The summed E-state index contributed by atoms with van der Waals surface area (Å²) in [6, 6.07) is 12.7. The Morgan fingerprint density at radius 2 is 1.92 bits per heavy atom. The number of hydrogen-bond acceptors (Lipinski definition) is 2. The molecule has 0 saturated carbocycles. The molecule has 5 nitrogen and oxygen atoms in total. The van der Waals surface area contributed by atoms with E-state index in [9.17, 15) is 4.79 Å². The molecule has 2 aromatic heterocycles. The van der Waals surface area contributed by atoms with Crippen LogP contribution in [0.4, 0.5) is 0 Å². The number of nitrogens with one attached hydrogen (secondary N) is 3. The minimum absolute atomic E-state index is 0.300. The van der Waals surface area contributed by atoms with E-state index in [1.807, 2.05) is 31.2 Å². The van der Waals surface area contributed by atoms with Crippen molar-refractivity contribution in [2.24, 2.45) is 0 Å². The van der Waals surface area contributed by atoms with Gasteiger partial charge in [-0.2, -0.15) is 0 Å². The monoisotopic (exact) mass is 372 g/mol. The molecule has 0 aliphatic carbocycles.